The number of alkyl halides is 3. The van der Waals surface area contributed by atoms with Crippen LogP contribution in [0.1, 0.15) is 1.37 Å². The van der Waals surface area contributed by atoms with Crippen LogP contribution in [-0.2, 0) is 0 Å². The van der Waals surface area contributed by atoms with Gasteiger partial charge in [-0.1, -0.05) is 11.6 Å². The van der Waals surface area contributed by atoms with Gasteiger partial charge in [0.1, 0.15) is 1.37 Å². The molecule has 26 valence electrons. The molecule has 0 nitrogen and oxygen atoms in total. The topological polar surface area (TPSA) is 0 Å². The van der Waals surface area contributed by atoms with E-state index in [4.69, 9.17) is 1.37 Å². The Labute approximate surface area is 28.8 Å². The van der Waals surface area contributed by atoms with Gasteiger partial charge < -0.3 is 0 Å². The lowest BCUT2D eigenvalue weighted by Crippen LogP contribution is -1.62. The standard InChI is InChI=1S/CHClF2/c2-1(3)4/h1H/i1D. The molecule has 0 amide bonds. The summed E-state index contributed by atoms with van der Waals surface area (Å²) < 4.78 is 26.3. The van der Waals surface area contributed by atoms with Crippen LogP contribution in [0.4, 0.5) is 8.78 Å². The van der Waals surface area contributed by atoms with E-state index >= 15 is 0 Å². The molecule has 0 saturated heterocycles. The summed E-state index contributed by atoms with van der Waals surface area (Å²) in [7, 11) is 0. The molecule has 0 aromatic rings. The van der Waals surface area contributed by atoms with Crippen molar-refractivity contribution in [2.75, 3.05) is 0 Å². The van der Waals surface area contributed by atoms with Gasteiger partial charge in [-0.05, 0) is 0 Å². The van der Waals surface area contributed by atoms with Crippen molar-refractivity contribution in [3.05, 3.63) is 0 Å². The molecule has 0 aliphatic heterocycles. The first kappa shape index (κ1) is 2.39. The van der Waals surface area contributed by atoms with E-state index in [1.807, 2.05) is 0 Å². The normalized spacial score (nSPS) is 15.2. The van der Waals surface area contributed by atoms with Crippen molar-refractivity contribution in [1.82, 2.24) is 0 Å². The second kappa shape index (κ2) is 1.47. The highest BCUT2D eigenvalue weighted by atomic mass is 35.5. The van der Waals surface area contributed by atoms with Gasteiger partial charge in [-0.3, -0.25) is 0 Å². The molecule has 0 spiro atoms. The molecular weight excluding hydrogens is 85.5 g/mol. The molecule has 0 atom stereocenters. The van der Waals surface area contributed by atoms with E-state index < -0.39 is 5.86 Å². The molecule has 0 aromatic carbocycles. The highest BCUT2D eigenvalue weighted by molar-refractivity contribution is 6.18. The van der Waals surface area contributed by atoms with Gasteiger partial charge in [0.05, 0.1) is 0 Å². The Morgan fingerprint density at radius 1 is 2.00 bits per heavy atom. The van der Waals surface area contributed by atoms with E-state index in [1.54, 1.807) is 0 Å². The fourth-order valence-corrected chi connectivity index (χ4v) is 0. The molecule has 0 aliphatic rings. The molecule has 0 unspecified atom stereocenters. The third-order valence-electron chi connectivity index (χ3n) is 0. The average Bonchev–Trinajstić information content (AvgIpc) is 0.722. The summed E-state index contributed by atoms with van der Waals surface area (Å²) in [6.07, 6.45) is 0. The van der Waals surface area contributed by atoms with Gasteiger partial charge >= 0.3 is 5.86 Å². The minimum absolute atomic E-state index is 3.78. The van der Waals surface area contributed by atoms with Crippen LogP contribution in [0.5, 0.6) is 0 Å². The number of halogens is 3. The first-order valence-electron chi connectivity index (χ1n) is 1.07. The Hall–Kier alpha value is 0.150. The Kier molecular flexibility index (Phi) is 0.877. The van der Waals surface area contributed by atoms with Crippen LogP contribution < -0.4 is 0 Å². The van der Waals surface area contributed by atoms with E-state index in [9.17, 15) is 8.78 Å². The minimum atomic E-state index is -3.78. The van der Waals surface area contributed by atoms with Crippen molar-refractivity contribution in [2.24, 2.45) is 0 Å². The van der Waals surface area contributed by atoms with Crippen molar-refractivity contribution in [1.29, 1.82) is 0 Å². The summed E-state index contributed by atoms with van der Waals surface area (Å²) in [6, 6.07) is 0. The summed E-state index contributed by atoms with van der Waals surface area (Å²) in [5.41, 5.74) is 0. The van der Waals surface area contributed by atoms with Crippen LogP contribution in [-0.4, -0.2) is 5.86 Å². The second-order valence-electron chi connectivity index (χ2n) is 0.214. The third kappa shape index (κ3) is 126. The van der Waals surface area contributed by atoms with E-state index in [0.29, 0.717) is 0 Å². The molecular formula is CHClF2. The van der Waals surface area contributed by atoms with Crippen molar-refractivity contribution in [3.8, 4) is 0 Å². The molecule has 0 rings (SSSR count). The fourth-order valence-electron chi connectivity index (χ4n) is 0. The van der Waals surface area contributed by atoms with Crippen molar-refractivity contribution in [2.45, 2.75) is 5.86 Å². The maximum absolute atomic E-state index is 10.5. The Morgan fingerprint density at radius 3 is 2.00 bits per heavy atom. The zero-order valence-electron chi connectivity index (χ0n) is 2.63. The maximum Gasteiger partial charge on any atom is 0.312 e. The molecule has 0 aromatic heterocycles. The van der Waals surface area contributed by atoms with Gasteiger partial charge in [-0.25, -0.2) is 0 Å². The molecule has 0 heterocycles. The number of hydrogen-bond acceptors (Lipinski definition) is 0. The molecule has 0 saturated carbocycles. The number of rotatable bonds is 0. The smallest absolute Gasteiger partial charge is 0.192 e. The highest BCUT2D eigenvalue weighted by Crippen LogP contribution is 1.93. The quantitative estimate of drug-likeness (QED) is 0.392. The summed E-state index contributed by atoms with van der Waals surface area (Å²) in [5, 5.41) is 0. The zero-order valence-corrected chi connectivity index (χ0v) is 2.39. The van der Waals surface area contributed by atoms with E-state index in [0.717, 1.165) is 0 Å². The van der Waals surface area contributed by atoms with Gasteiger partial charge in [0.25, 0.3) is 0 Å². The lowest BCUT2D eigenvalue weighted by molar-refractivity contribution is 0.243. The van der Waals surface area contributed by atoms with E-state index in [1.165, 1.54) is 0 Å². The molecule has 4 heavy (non-hydrogen) atoms. The van der Waals surface area contributed by atoms with Gasteiger partial charge in [0, 0.05) is 0 Å². The molecule has 0 fully saturated rings. The monoisotopic (exact) mass is 87.0 g/mol. The average molecular weight is 87.5 g/mol. The van der Waals surface area contributed by atoms with Crippen LogP contribution >= 0.6 is 11.6 Å². The summed E-state index contributed by atoms with van der Waals surface area (Å²) in [4.78, 5) is 0. The molecule has 0 radical (unpaired) electrons. The zero-order chi connectivity index (χ0) is 4.50. The second-order valence-corrected chi connectivity index (χ2v) is 0.500. The molecule has 0 aliphatic carbocycles. The fraction of sp³-hybridized carbons (Fsp3) is 1.00. The van der Waals surface area contributed by atoms with Crippen LogP contribution in [0.2, 0.25) is 0 Å². The maximum atomic E-state index is 10.5. The SMILES string of the molecule is [2H]C(F)(F)Cl. The lowest BCUT2D eigenvalue weighted by atomic mass is 11.7. The highest BCUT2D eigenvalue weighted by Gasteiger charge is 1.83. The molecule has 0 bridgehead atoms. The van der Waals surface area contributed by atoms with Gasteiger partial charge in [-0.2, -0.15) is 8.78 Å². The van der Waals surface area contributed by atoms with E-state index in [2.05, 4.69) is 11.6 Å². The Bertz CT molecular complexity index is 25.1. The predicted molar refractivity (Wildman–Crippen MR) is 11.9 cm³/mol. The van der Waals surface area contributed by atoms with Gasteiger partial charge in [-0.15, -0.1) is 0 Å². The predicted octanol–water partition coefficient (Wildman–Crippen LogP) is 1.45. The largest absolute Gasteiger partial charge is 0.312 e. The van der Waals surface area contributed by atoms with Crippen molar-refractivity contribution < 1.29 is 10.2 Å². The van der Waals surface area contributed by atoms with E-state index in [-0.39, 0.29) is 0 Å². The van der Waals surface area contributed by atoms with Gasteiger partial charge in [0.15, 0.2) is 0 Å². The first-order valence-corrected chi connectivity index (χ1v) is 0.945. The Balaban J connectivity index is 3.02. The van der Waals surface area contributed by atoms with Crippen LogP contribution in [0.15, 0.2) is 0 Å². The van der Waals surface area contributed by atoms with Crippen LogP contribution in [0.3, 0.4) is 0 Å². The molecule has 0 N–H and O–H groups in total. The number of hydrogen-bond donors (Lipinski definition) is 0. The van der Waals surface area contributed by atoms with Crippen LogP contribution in [0, 0.1) is 0 Å². The third-order valence-corrected chi connectivity index (χ3v) is 0. The summed E-state index contributed by atoms with van der Waals surface area (Å²) in [5.74, 6) is -3.78. The minimum Gasteiger partial charge on any atom is -0.192 e. The van der Waals surface area contributed by atoms with Gasteiger partial charge in [0.2, 0.25) is 0 Å². The van der Waals surface area contributed by atoms with Crippen LogP contribution in [0.25, 0.3) is 0 Å². The first-order chi connectivity index (χ1) is 2.00. The lowest BCUT2D eigenvalue weighted by Gasteiger charge is -1.66. The summed E-state index contributed by atoms with van der Waals surface area (Å²) in [6.45, 7) is 0. The molecule has 3 heteroatoms. The Morgan fingerprint density at radius 2 is 2.00 bits per heavy atom. The summed E-state index contributed by atoms with van der Waals surface area (Å²) >= 11 is 3.86. The van der Waals surface area contributed by atoms with Crippen molar-refractivity contribution >= 4 is 11.6 Å². The van der Waals surface area contributed by atoms with Crippen molar-refractivity contribution in [3.63, 3.8) is 0 Å².